The van der Waals surface area contributed by atoms with Crippen LogP contribution in [0, 0.1) is 0 Å². The molecule has 30 heavy (non-hydrogen) atoms. The Kier molecular flexibility index (Phi) is 8.81. The van der Waals surface area contributed by atoms with Gasteiger partial charge in [-0.3, -0.25) is 0 Å². The van der Waals surface area contributed by atoms with Crippen molar-refractivity contribution in [3.63, 3.8) is 0 Å². The summed E-state index contributed by atoms with van der Waals surface area (Å²) in [5, 5.41) is 4.49. The highest BCUT2D eigenvalue weighted by molar-refractivity contribution is 7.80. The van der Waals surface area contributed by atoms with E-state index < -0.39 is 0 Å². The SMILES string of the molecule is COc1ccc(OC)c(CN(Cc2ccccc2)C(=S)NC2CCCCCCC2)c1. The molecule has 0 aliphatic heterocycles. The van der Waals surface area contributed by atoms with Gasteiger partial charge in [0, 0.05) is 24.7 Å². The Hall–Kier alpha value is -2.27. The summed E-state index contributed by atoms with van der Waals surface area (Å²) in [4.78, 5) is 2.24. The Bertz CT molecular complexity index is 789. The first-order valence-electron chi connectivity index (χ1n) is 11.0. The molecule has 4 nitrogen and oxygen atoms in total. The van der Waals surface area contributed by atoms with Gasteiger partial charge in [0.25, 0.3) is 0 Å². The second kappa shape index (κ2) is 11.8. The van der Waals surface area contributed by atoms with Gasteiger partial charge in [-0.1, -0.05) is 62.4 Å². The first-order valence-corrected chi connectivity index (χ1v) is 11.4. The largest absolute Gasteiger partial charge is 0.497 e. The lowest BCUT2D eigenvalue weighted by atomic mass is 9.97. The van der Waals surface area contributed by atoms with E-state index in [-0.39, 0.29) is 0 Å². The van der Waals surface area contributed by atoms with Crippen molar-refractivity contribution in [3.8, 4) is 11.5 Å². The van der Waals surface area contributed by atoms with E-state index in [1.54, 1.807) is 14.2 Å². The standard InChI is InChI=1S/C25H34N2O2S/c1-28-23-15-16-24(29-2)21(17-23)19-27(18-20-11-7-6-8-12-20)25(30)26-22-13-9-4-3-5-10-14-22/h6-8,11-12,15-17,22H,3-5,9-10,13-14,18-19H2,1-2H3,(H,26,30). The van der Waals surface area contributed by atoms with Gasteiger partial charge in [0.15, 0.2) is 5.11 Å². The van der Waals surface area contributed by atoms with Crippen LogP contribution in [-0.4, -0.2) is 30.3 Å². The Morgan fingerprint density at radius 3 is 2.30 bits per heavy atom. The lowest BCUT2D eigenvalue weighted by Gasteiger charge is -2.30. The van der Waals surface area contributed by atoms with Crippen molar-refractivity contribution < 1.29 is 9.47 Å². The fourth-order valence-electron chi connectivity index (χ4n) is 4.08. The van der Waals surface area contributed by atoms with Crippen LogP contribution < -0.4 is 14.8 Å². The van der Waals surface area contributed by atoms with Gasteiger partial charge in [-0.2, -0.15) is 0 Å². The van der Waals surface area contributed by atoms with Crippen LogP contribution in [0.25, 0.3) is 0 Å². The van der Waals surface area contributed by atoms with Crippen molar-refractivity contribution >= 4 is 17.3 Å². The molecule has 1 fully saturated rings. The van der Waals surface area contributed by atoms with Crippen LogP contribution in [0.2, 0.25) is 0 Å². The number of methoxy groups -OCH3 is 2. The van der Waals surface area contributed by atoms with Gasteiger partial charge in [-0.25, -0.2) is 0 Å². The maximum Gasteiger partial charge on any atom is 0.169 e. The maximum atomic E-state index is 5.92. The lowest BCUT2D eigenvalue weighted by molar-refractivity contribution is 0.354. The van der Waals surface area contributed by atoms with Crippen molar-refractivity contribution in [1.29, 1.82) is 0 Å². The van der Waals surface area contributed by atoms with Crippen LogP contribution in [0.4, 0.5) is 0 Å². The molecular weight excluding hydrogens is 392 g/mol. The average molecular weight is 427 g/mol. The Morgan fingerprint density at radius 1 is 0.933 bits per heavy atom. The molecule has 0 radical (unpaired) electrons. The quantitative estimate of drug-likeness (QED) is 0.575. The first-order chi connectivity index (χ1) is 14.7. The van der Waals surface area contributed by atoms with Gasteiger partial charge in [0.1, 0.15) is 11.5 Å². The number of hydrogen-bond donors (Lipinski definition) is 1. The summed E-state index contributed by atoms with van der Waals surface area (Å²) in [6, 6.07) is 16.9. The molecule has 3 rings (SSSR count). The van der Waals surface area contributed by atoms with Crippen LogP contribution in [0.3, 0.4) is 0 Å². The minimum absolute atomic E-state index is 0.461. The van der Waals surface area contributed by atoms with Gasteiger partial charge < -0.3 is 19.7 Å². The van der Waals surface area contributed by atoms with Crippen molar-refractivity contribution in [3.05, 3.63) is 59.7 Å². The zero-order valence-electron chi connectivity index (χ0n) is 18.2. The van der Waals surface area contributed by atoms with Crippen molar-refractivity contribution in [2.45, 2.75) is 64.1 Å². The topological polar surface area (TPSA) is 33.7 Å². The third-order valence-electron chi connectivity index (χ3n) is 5.79. The zero-order chi connectivity index (χ0) is 21.2. The molecule has 0 saturated heterocycles. The van der Waals surface area contributed by atoms with E-state index >= 15 is 0 Å². The minimum Gasteiger partial charge on any atom is -0.497 e. The summed E-state index contributed by atoms with van der Waals surface area (Å²) < 4.78 is 11.0. The molecule has 1 aliphatic carbocycles. The molecule has 0 aromatic heterocycles. The number of hydrogen-bond acceptors (Lipinski definition) is 3. The third-order valence-corrected chi connectivity index (χ3v) is 6.16. The predicted octanol–water partition coefficient (Wildman–Crippen LogP) is 5.69. The fourth-order valence-corrected chi connectivity index (χ4v) is 4.38. The van der Waals surface area contributed by atoms with Crippen LogP contribution >= 0.6 is 12.2 Å². The summed E-state index contributed by atoms with van der Waals surface area (Å²) in [6.07, 6.45) is 8.99. The molecule has 0 spiro atoms. The van der Waals surface area contributed by atoms with E-state index in [0.29, 0.717) is 12.6 Å². The van der Waals surface area contributed by atoms with Crippen LogP contribution in [0.5, 0.6) is 11.5 Å². The molecule has 0 bridgehead atoms. The van der Waals surface area contributed by atoms with Crippen molar-refractivity contribution in [1.82, 2.24) is 10.2 Å². The van der Waals surface area contributed by atoms with Crippen LogP contribution in [0.1, 0.15) is 56.1 Å². The summed E-state index contributed by atoms with van der Waals surface area (Å²) in [6.45, 7) is 1.41. The third kappa shape index (κ3) is 6.63. The zero-order valence-corrected chi connectivity index (χ0v) is 19.0. The van der Waals surface area contributed by atoms with Gasteiger partial charge >= 0.3 is 0 Å². The summed E-state index contributed by atoms with van der Waals surface area (Å²) in [7, 11) is 3.39. The minimum atomic E-state index is 0.461. The Morgan fingerprint density at radius 2 is 1.63 bits per heavy atom. The number of benzene rings is 2. The number of nitrogens with one attached hydrogen (secondary N) is 1. The van der Waals surface area contributed by atoms with E-state index in [2.05, 4.69) is 34.5 Å². The molecule has 1 N–H and O–H groups in total. The van der Waals surface area contributed by atoms with Crippen molar-refractivity contribution in [2.75, 3.05) is 14.2 Å². The van der Waals surface area contributed by atoms with Crippen molar-refractivity contribution in [2.24, 2.45) is 0 Å². The maximum absolute atomic E-state index is 5.92. The molecule has 2 aromatic rings. The van der Waals surface area contributed by atoms with E-state index in [1.807, 2.05) is 24.3 Å². The summed E-state index contributed by atoms with van der Waals surface area (Å²) >= 11 is 5.92. The molecule has 0 heterocycles. The highest BCUT2D eigenvalue weighted by atomic mass is 32.1. The fraction of sp³-hybridized carbons (Fsp3) is 0.480. The van der Waals surface area contributed by atoms with Gasteiger partial charge in [0.05, 0.1) is 14.2 Å². The van der Waals surface area contributed by atoms with Gasteiger partial charge in [-0.05, 0) is 48.8 Å². The molecule has 162 valence electrons. The number of rotatable bonds is 7. The molecule has 1 saturated carbocycles. The van der Waals surface area contributed by atoms with Gasteiger partial charge in [0.2, 0.25) is 0 Å². The lowest BCUT2D eigenvalue weighted by Crippen LogP contribution is -2.44. The highest BCUT2D eigenvalue weighted by Crippen LogP contribution is 2.26. The summed E-state index contributed by atoms with van der Waals surface area (Å²) in [5.41, 5.74) is 2.30. The van der Waals surface area contributed by atoms with E-state index in [1.165, 1.54) is 50.5 Å². The Labute approximate surface area is 186 Å². The second-order valence-electron chi connectivity index (χ2n) is 8.01. The number of ether oxygens (including phenoxy) is 2. The average Bonchev–Trinajstić information content (AvgIpc) is 2.75. The molecule has 1 aliphatic rings. The molecule has 0 atom stereocenters. The number of thiocarbonyl (C=S) groups is 1. The van der Waals surface area contributed by atoms with E-state index in [0.717, 1.165) is 28.7 Å². The van der Waals surface area contributed by atoms with Gasteiger partial charge in [-0.15, -0.1) is 0 Å². The van der Waals surface area contributed by atoms with Crippen LogP contribution in [0.15, 0.2) is 48.5 Å². The molecule has 0 amide bonds. The monoisotopic (exact) mass is 426 g/mol. The number of nitrogens with zero attached hydrogens (tertiary/aromatic N) is 1. The first kappa shape index (κ1) is 22.4. The molecule has 2 aromatic carbocycles. The second-order valence-corrected chi connectivity index (χ2v) is 8.40. The molecule has 0 unspecified atom stereocenters. The van der Waals surface area contributed by atoms with E-state index in [9.17, 15) is 0 Å². The van der Waals surface area contributed by atoms with E-state index in [4.69, 9.17) is 21.7 Å². The normalized spacial score (nSPS) is 15.0. The van der Waals surface area contributed by atoms with Crippen LogP contribution in [-0.2, 0) is 13.1 Å². The molecule has 5 heteroatoms. The highest BCUT2D eigenvalue weighted by Gasteiger charge is 2.18. The smallest absolute Gasteiger partial charge is 0.169 e. The molecular formula is C25H34N2O2S. The predicted molar refractivity (Wildman–Crippen MR) is 127 cm³/mol. The Balaban J connectivity index is 1.78. The summed E-state index contributed by atoms with van der Waals surface area (Å²) in [5.74, 6) is 1.67.